The molecule has 1 aromatic heterocycles. The van der Waals surface area contributed by atoms with Crippen molar-refractivity contribution >= 4 is 5.97 Å². The van der Waals surface area contributed by atoms with Gasteiger partial charge in [-0.3, -0.25) is 0 Å². The minimum atomic E-state index is -1.14. The van der Waals surface area contributed by atoms with Crippen molar-refractivity contribution in [2.75, 3.05) is 6.61 Å². The number of nitrogens with zero attached hydrogens (tertiary/aromatic N) is 4. The second-order valence-electron chi connectivity index (χ2n) is 4.71. The molecule has 1 aliphatic rings. The average Bonchev–Trinajstić information content (AvgIpc) is 2.89. The Bertz CT molecular complexity index is 409. The number of carbonyl (C=O) groups is 1. The third-order valence-electron chi connectivity index (χ3n) is 3.02. The van der Waals surface area contributed by atoms with Crippen molar-refractivity contribution in [2.24, 2.45) is 0 Å². The average molecular weight is 240 g/mol. The Morgan fingerprint density at radius 3 is 3.00 bits per heavy atom. The fraction of sp³-hybridized carbons (Fsp3) is 0.800. The molecule has 0 saturated carbocycles. The minimum Gasteiger partial charge on any atom is -0.479 e. The van der Waals surface area contributed by atoms with Gasteiger partial charge in [-0.1, -0.05) is 0 Å². The van der Waals surface area contributed by atoms with Crippen LogP contribution in [0.3, 0.4) is 0 Å². The number of hydrogen-bond donors (Lipinski definition) is 1. The summed E-state index contributed by atoms with van der Waals surface area (Å²) in [6.45, 7) is 3.91. The van der Waals surface area contributed by atoms with Gasteiger partial charge in [0.2, 0.25) is 0 Å². The van der Waals surface area contributed by atoms with Gasteiger partial charge in [0.05, 0.1) is 6.10 Å². The summed E-state index contributed by atoms with van der Waals surface area (Å²) in [5, 5.41) is 20.4. The third-order valence-corrected chi connectivity index (χ3v) is 3.02. The number of aromatic nitrogens is 4. The molecule has 7 nitrogen and oxygen atoms in total. The zero-order valence-corrected chi connectivity index (χ0v) is 9.96. The SMILES string of the molecule is CC(C)(C(=O)O)n1nnnc1CC1CCCO1. The van der Waals surface area contributed by atoms with Crippen molar-refractivity contribution in [1.82, 2.24) is 20.2 Å². The molecular weight excluding hydrogens is 224 g/mol. The molecule has 94 valence electrons. The molecule has 0 amide bonds. The van der Waals surface area contributed by atoms with E-state index in [1.165, 1.54) is 4.68 Å². The highest BCUT2D eigenvalue weighted by Gasteiger charge is 2.34. The molecule has 0 radical (unpaired) electrons. The Morgan fingerprint density at radius 2 is 2.41 bits per heavy atom. The summed E-state index contributed by atoms with van der Waals surface area (Å²) < 4.78 is 6.86. The van der Waals surface area contributed by atoms with Crippen LogP contribution in [-0.2, 0) is 21.5 Å². The smallest absolute Gasteiger partial charge is 0.331 e. The van der Waals surface area contributed by atoms with E-state index in [4.69, 9.17) is 9.84 Å². The Morgan fingerprint density at radius 1 is 1.65 bits per heavy atom. The summed E-state index contributed by atoms with van der Waals surface area (Å²) in [6.07, 6.45) is 2.67. The van der Waals surface area contributed by atoms with Crippen molar-refractivity contribution in [1.29, 1.82) is 0 Å². The molecule has 1 atom stereocenters. The second-order valence-corrected chi connectivity index (χ2v) is 4.71. The summed E-state index contributed by atoms with van der Waals surface area (Å²) in [6, 6.07) is 0. The van der Waals surface area contributed by atoms with Gasteiger partial charge in [0, 0.05) is 13.0 Å². The lowest BCUT2D eigenvalue weighted by molar-refractivity contribution is -0.146. The van der Waals surface area contributed by atoms with E-state index in [9.17, 15) is 4.79 Å². The first-order chi connectivity index (χ1) is 8.01. The lowest BCUT2D eigenvalue weighted by atomic mass is 10.1. The van der Waals surface area contributed by atoms with Gasteiger partial charge in [0.15, 0.2) is 11.4 Å². The molecule has 2 heterocycles. The molecule has 0 aromatic carbocycles. The zero-order valence-electron chi connectivity index (χ0n) is 9.96. The molecule has 0 aliphatic carbocycles. The van der Waals surface area contributed by atoms with Gasteiger partial charge in [0.25, 0.3) is 0 Å². The lowest BCUT2D eigenvalue weighted by Crippen LogP contribution is -2.38. The summed E-state index contributed by atoms with van der Waals surface area (Å²) in [4.78, 5) is 11.2. The molecular formula is C10H16N4O3. The summed E-state index contributed by atoms with van der Waals surface area (Å²) in [5.41, 5.74) is -1.14. The molecule has 1 fully saturated rings. The number of ether oxygens (including phenoxy) is 1. The maximum Gasteiger partial charge on any atom is 0.331 e. The van der Waals surface area contributed by atoms with Crippen LogP contribution in [0, 0.1) is 0 Å². The first-order valence-corrected chi connectivity index (χ1v) is 5.64. The Labute approximate surface area is 98.8 Å². The van der Waals surface area contributed by atoms with E-state index < -0.39 is 11.5 Å². The van der Waals surface area contributed by atoms with E-state index in [2.05, 4.69) is 15.5 Å². The number of aliphatic carboxylic acids is 1. The minimum absolute atomic E-state index is 0.101. The molecule has 1 unspecified atom stereocenters. The molecule has 2 rings (SSSR count). The quantitative estimate of drug-likeness (QED) is 0.809. The van der Waals surface area contributed by atoms with Crippen molar-refractivity contribution in [3.8, 4) is 0 Å². The van der Waals surface area contributed by atoms with Crippen LogP contribution in [0.5, 0.6) is 0 Å². The van der Waals surface area contributed by atoms with Gasteiger partial charge in [-0.15, -0.1) is 5.10 Å². The van der Waals surface area contributed by atoms with Crippen LogP contribution in [0.2, 0.25) is 0 Å². The van der Waals surface area contributed by atoms with Gasteiger partial charge in [-0.2, -0.15) is 0 Å². The first kappa shape index (κ1) is 12.0. The van der Waals surface area contributed by atoms with E-state index in [-0.39, 0.29) is 6.10 Å². The molecule has 1 saturated heterocycles. The van der Waals surface area contributed by atoms with E-state index in [1.54, 1.807) is 13.8 Å². The number of hydrogen-bond acceptors (Lipinski definition) is 5. The molecule has 1 aromatic rings. The fourth-order valence-electron chi connectivity index (χ4n) is 1.87. The topological polar surface area (TPSA) is 90.1 Å². The van der Waals surface area contributed by atoms with Crippen LogP contribution in [0.4, 0.5) is 0 Å². The lowest BCUT2D eigenvalue weighted by Gasteiger charge is -2.21. The van der Waals surface area contributed by atoms with Gasteiger partial charge in [0.1, 0.15) is 0 Å². The number of carboxylic acids is 1. The Hall–Kier alpha value is -1.50. The first-order valence-electron chi connectivity index (χ1n) is 5.64. The Kier molecular flexibility index (Phi) is 3.10. The van der Waals surface area contributed by atoms with Crippen LogP contribution < -0.4 is 0 Å². The highest BCUT2D eigenvalue weighted by Crippen LogP contribution is 2.20. The third kappa shape index (κ3) is 2.28. The Balaban J connectivity index is 2.19. The zero-order chi connectivity index (χ0) is 12.5. The van der Waals surface area contributed by atoms with Crippen molar-refractivity contribution in [3.63, 3.8) is 0 Å². The van der Waals surface area contributed by atoms with Crippen LogP contribution in [0.1, 0.15) is 32.5 Å². The predicted molar refractivity (Wildman–Crippen MR) is 57.5 cm³/mol. The summed E-state index contributed by atoms with van der Waals surface area (Å²) >= 11 is 0. The van der Waals surface area contributed by atoms with Crippen molar-refractivity contribution < 1.29 is 14.6 Å². The van der Waals surface area contributed by atoms with Crippen molar-refractivity contribution in [3.05, 3.63) is 5.82 Å². The fourth-order valence-corrected chi connectivity index (χ4v) is 1.87. The number of carboxylic acid groups (broad SMARTS) is 1. The monoisotopic (exact) mass is 240 g/mol. The van der Waals surface area contributed by atoms with Crippen LogP contribution in [0.15, 0.2) is 0 Å². The highest BCUT2D eigenvalue weighted by molar-refractivity contribution is 5.75. The largest absolute Gasteiger partial charge is 0.479 e. The van der Waals surface area contributed by atoms with Gasteiger partial charge in [-0.05, 0) is 37.1 Å². The van der Waals surface area contributed by atoms with E-state index >= 15 is 0 Å². The maximum atomic E-state index is 11.2. The standard InChI is InChI=1S/C10H16N4O3/c1-10(2,9(15)16)14-8(11-12-13-14)6-7-4-3-5-17-7/h7H,3-6H2,1-2H3,(H,15,16). The van der Waals surface area contributed by atoms with Crippen molar-refractivity contribution in [2.45, 2.75) is 44.8 Å². The number of rotatable bonds is 4. The van der Waals surface area contributed by atoms with Crippen LogP contribution >= 0.6 is 0 Å². The van der Waals surface area contributed by atoms with E-state index in [0.29, 0.717) is 12.2 Å². The van der Waals surface area contributed by atoms with Gasteiger partial charge in [-0.25, -0.2) is 9.48 Å². The molecule has 0 spiro atoms. The predicted octanol–water partition coefficient (Wildman–Crippen LogP) is 0.214. The highest BCUT2D eigenvalue weighted by atomic mass is 16.5. The van der Waals surface area contributed by atoms with Crippen LogP contribution in [-0.4, -0.2) is 44.0 Å². The van der Waals surface area contributed by atoms with Crippen LogP contribution in [0.25, 0.3) is 0 Å². The molecule has 17 heavy (non-hydrogen) atoms. The summed E-state index contributed by atoms with van der Waals surface area (Å²) in [7, 11) is 0. The molecule has 0 bridgehead atoms. The number of tetrazole rings is 1. The van der Waals surface area contributed by atoms with E-state index in [1.807, 2.05) is 0 Å². The molecule has 1 aliphatic heterocycles. The summed E-state index contributed by atoms with van der Waals surface area (Å²) in [5.74, 6) is -0.400. The second kappa shape index (κ2) is 4.40. The molecule has 1 N–H and O–H groups in total. The van der Waals surface area contributed by atoms with E-state index in [0.717, 1.165) is 19.4 Å². The maximum absolute atomic E-state index is 11.2. The van der Waals surface area contributed by atoms with Gasteiger partial charge < -0.3 is 9.84 Å². The van der Waals surface area contributed by atoms with Gasteiger partial charge >= 0.3 is 5.97 Å². The normalized spacial score (nSPS) is 20.7. The molecule has 7 heteroatoms.